The number of hydrogen-bond donors (Lipinski definition) is 1. The van der Waals surface area contributed by atoms with Crippen LogP contribution in [0.5, 0.6) is 0 Å². The Balaban J connectivity index is 2.95. The van der Waals surface area contributed by atoms with Crippen LogP contribution in [0.15, 0.2) is 29.2 Å². The fraction of sp³-hybridized carbons (Fsp3) is 0.455. The number of benzene rings is 1. The molecule has 0 aliphatic rings. The zero-order valence-electron chi connectivity index (χ0n) is 8.91. The molecule has 2 nitrogen and oxygen atoms in total. The van der Waals surface area contributed by atoms with Crippen molar-refractivity contribution < 1.29 is 4.74 Å². The van der Waals surface area contributed by atoms with E-state index in [2.05, 4.69) is 30.5 Å². The van der Waals surface area contributed by atoms with Gasteiger partial charge >= 0.3 is 0 Å². The van der Waals surface area contributed by atoms with Gasteiger partial charge in [0.25, 0.3) is 0 Å². The van der Waals surface area contributed by atoms with Crippen LogP contribution in [0.1, 0.15) is 12.5 Å². The Labute approximate surface area is 89.8 Å². The molecule has 3 heteroatoms. The Morgan fingerprint density at radius 2 is 1.93 bits per heavy atom. The smallest absolute Gasteiger partial charge is 0.102 e. The van der Waals surface area contributed by atoms with Crippen LogP contribution in [0.2, 0.25) is 0 Å². The van der Waals surface area contributed by atoms with E-state index >= 15 is 0 Å². The van der Waals surface area contributed by atoms with Crippen molar-refractivity contribution in [3.05, 3.63) is 29.8 Å². The van der Waals surface area contributed by atoms with Gasteiger partial charge in [0.15, 0.2) is 0 Å². The molecule has 0 aromatic heterocycles. The molecule has 0 radical (unpaired) electrons. The standard InChI is InChI=1S/C11H17NOS/c1-11(8-12,13-2)9-4-6-10(14-3)7-5-9/h4-7H,8,12H2,1-3H3. The van der Waals surface area contributed by atoms with Crippen LogP contribution in [0.25, 0.3) is 0 Å². The van der Waals surface area contributed by atoms with E-state index in [1.54, 1.807) is 18.9 Å². The first kappa shape index (κ1) is 11.6. The van der Waals surface area contributed by atoms with Gasteiger partial charge < -0.3 is 10.5 Å². The highest BCUT2D eigenvalue weighted by Crippen LogP contribution is 2.25. The highest BCUT2D eigenvalue weighted by Gasteiger charge is 2.23. The number of thioether (sulfide) groups is 1. The van der Waals surface area contributed by atoms with Crippen molar-refractivity contribution in [2.45, 2.75) is 17.4 Å². The Hall–Kier alpha value is -0.510. The zero-order valence-corrected chi connectivity index (χ0v) is 9.73. The molecule has 0 fully saturated rings. The van der Waals surface area contributed by atoms with E-state index in [1.807, 2.05) is 6.92 Å². The van der Waals surface area contributed by atoms with Gasteiger partial charge in [0.2, 0.25) is 0 Å². The monoisotopic (exact) mass is 211 g/mol. The summed E-state index contributed by atoms with van der Waals surface area (Å²) in [5.41, 5.74) is 6.45. The molecule has 0 aliphatic carbocycles. The lowest BCUT2D eigenvalue weighted by molar-refractivity contribution is 0.0100. The number of hydrogen-bond acceptors (Lipinski definition) is 3. The van der Waals surface area contributed by atoms with Crippen LogP contribution in [0.3, 0.4) is 0 Å². The first-order valence-corrected chi connectivity index (χ1v) is 5.78. The van der Waals surface area contributed by atoms with E-state index in [4.69, 9.17) is 10.5 Å². The summed E-state index contributed by atoms with van der Waals surface area (Å²) in [6.07, 6.45) is 2.06. The third kappa shape index (κ3) is 2.29. The minimum Gasteiger partial charge on any atom is -0.372 e. The molecule has 1 rings (SSSR count). The second kappa shape index (κ2) is 4.82. The molecule has 1 unspecified atom stereocenters. The van der Waals surface area contributed by atoms with Crippen molar-refractivity contribution in [3.63, 3.8) is 0 Å². The zero-order chi connectivity index (χ0) is 10.6. The van der Waals surface area contributed by atoms with Crippen LogP contribution in [-0.2, 0) is 10.3 Å². The third-order valence-corrected chi connectivity index (χ3v) is 3.28. The maximum atomic E-state index is 5.69. The van der Waals surface area contributed by atoms with Crippen molar-refractivity contribution >= 4 is 11.8 Å². The van der Waals surface area contributed by atoms with Gasteiger partial charge in [-0.25, -0.2) is 0 Å². The lowest BCUT2D eigenvalue weighted by Crippen LogP contribution is -2.33. The van der Waals surface area contributed by atoms with Crippen molar-refractivity contribution in [2.24, 2.45) is 5.73 Å². The van der Waals surface area contributed by atoms with Crippen molar-refractivity contribution in [1.82, 2.24) is 0 Å². The molecular formula is C11H17NOS. The van der Waals surface area contributed by atoms with E-state index in [0.29, 0.717) is 6.54 Å². The molecule has 2 N–H and O–H groups in total. The summed E-state index contributed by atoms with van der Waals surface area (Å²) in [5.74, 6) is 0. The molecule has 1 atom stereocenters. The van der Waals surface area contributed by atoms with Gasteiger partial charge in [0.1, 0.15) is 5.60 Å². The maximum Gasteiger partial charge on any atom is 0.102 e. The number of nitrogens with two attached hydrogens (primary N) is 1. The molecule has 0 heterocycles. The topological polar surface area (TPSA) is 35.2 Å². The summed E-state index contributed by atoms with van der Waals surface area (Å²) >= 11 is 1.73. The second-order valence-corrected chi connectivity index (χ2v) is 4.25. The molecule has 78 valence electrons. The third-order valence-electron chi connectivity index (χ3n) is 2.54. The highest BCUT2D eigenvalue weighted by atomic mass is 32.2. The van der Waals surface area contributed by atoms with Gasteiger partial charge in [-0.3, -0.25) is 0 Å². The Kier molecular flexibility index (Phi) is 3.98. The average molecular weight is 211 g/mol. The molecule has 0 bridgehead atoms. The molecule has 0 spiro atoms. The van der Waals surface area contributed by atoms with Crippen LogP contribution < -0.4 is 5.73 Å². The van der Waals surface area contributed by atoms with Crippen molar-refractivity contribution in [2.75, 3.05) is 19.9 Å². The molecule has 0 amide bonds. The SMILES string of the molecule is COC(C)(CN)c1ccc(SC)cc1. The Morgan fingerprint density at radius 1 is 1.36 bits per heavy atom. The first-order valence-electron chi connectivity index (χ1n) is 4.56. The molecule has 1 aromatic rings. The summed E-state index contributed by atoms with van der Waals surface area (Å²) in [5, 5.41) is 0. The number of rotatable bonds is 4. The maximum absolute atomic E-state index is 5.69. The van der Waals surface area contributed by atoms with Crippen LogP contribution in [-0.4, -0.2) is 19.9 Å². The number of methoxy groups -OCH3 is 1. The van der Waals surface area contributed by atoms with E-state index < -0.39 is 0 Å². The normalized spacial score (nSPS) is 15.1. The van der Waals surface area contributed by atoms with Gasteiger partial charge in [-0.1, -0.05) is 12.1 Å². The summed E-state index contributed by atoms with van der Waals surface area (Å²) in [7, 11) is 1.69. The quantitative estimate of drug-likeness (QED) is 0.776. The Morgan fingerprint density at radius 3 is 2.29 bits per heavy atom. The van der Waals surface area contributed by atoms with Gasteiger partial charge in [-0.2, -0.15) is 0 Å². The summed E-state index contributed by atoms with van der Waals surface area (Å²) in [6, 6.07) is 8.32. The largest absolute Gasteiger partial charge is 0.372 e. The van der Waals surface area contributed by atoms with Crippen molar-refractivity contribution in [3.8, 4) is 0 Å². The second-order valence-electron chi connectivity index (χ2n) is 3.37. The van der Waals surface area contributed by atoms with E-state index in [-0.39, 0.29) is 5.60 Å². The molecule has 0 saturated carbocycles. The summed E-state index contributed by atoms with van der Waals surface area (Å²) in [4.78, 5) is 1.25. The Bertz CT molecular complexity index is 280. The van der Waals surface area contributed by atoms with E-state index in [1.165, 1.54) is 4.90 Å². The van der Waals surface area contributed by atoms with Gasteiger partial charge in [-0.05, 0) is 30.9 Å². The van der Waals surface area contributed by atoms with Crippen molar-refractivity contribution in [1.29, 1.82) is 0 Å². The first-order chi connectivity index (χ1) is 6.66. The predicted octanol–water partition coefficient (Wildman–Crippen LogP) is 2.23. The molecule has 1 aromatic carbocycles. The molecule has 0 saturated heterocycles. The lowest BCUT2D eigenvalue weighted by atomic mass is 9.96. The summed E-state index contributed by atoms with van der Waals surface area (Å²) < 4.78 is 5.41. The van der Waals surface area contributed by atoms with E-state index in [9.17, 15) is 0 Å². The van der Waals surface area contributed by atoms with E-state index in [0.717, 1.165) is 5.56 Å². The highest BCUT2D eigenvalue weighted by molar-refractivity contribution is 7.98. The average Bonchev–Trinajstić information content (AvgIpc) is 2.28. The molecular weight excluding hydrogens is 194 g/mol. The minimum absolute atomic E-state index is 0.364. The van der Waals surface area contributed by atoms with Gasteiger partial charge in [-0.15, -0.1) is 11.8 Å². The minimum atomic E-state index is -0.364. The summed E-state index contributed by atoms with van der Waals surface area (Å²) in [6.45, 7) is 2.49. The van der Waals surface area contributed by atoms with Gasteiger partial charge in [0, 0.05) is 18.6 Å². The molecule has 14 heavy (non-hydrogen) atoms. The van der Waals surface area contributed by atoms with Crippen LogP contribution in [0, 0.1) is 0 Å². The van der Waals surface area contributed by atoms with Gasteiger partial charge in [0.05, 0.1) is 0 Å². The van der Waals surface area contributed by atoms with Crippen LogP contribution in [0.4, 0.5) is 0 Å². The molecule has 0 aliphatic heterocycles. The fourth-order valence-electron chi connectivity index (χ4n) is 1.26. The fourth-order valence-corrected chi connectivity index (χ4v) is 1.67. The van der Waals surface area contributed by atoms with Crippen LogP contribution >= 0.6 is 11.8 Å². The number of ether oxygens (including phenoxy) is 1. The lowest BCUT2D eigenvalue weighted by Gasteiger charge is -2.26. The predicted molar refractivity (Wildman–Crippen MR) is 61.6 cm³/mol.